The number of hydrogen-bond acceptors (Lipinski definition) is 4. The number of likely N-dealkylation sites (tertiary alicyclic amines) is 2. The zero-order chi connectivity index (χ0) is 21.5. The van der Waals surface area contributed by atoms with Crippen molar-refractivity contribution in [1.29, 1.82) is 0 Å². The second-order valence-corrected chi connectivity index (χ2v) is 7.94. The van der Waals surface area contributed by atoms with E-state index in [1.54, 1.807) is 19.9 Å². The molecule has 2 aliphatic heterocycles. The third kappa shape index (κ3) is 4.16. The summed E-state index contributed by atoms with van der Waals surface area (Å²) >= 11 is 0. The van der Waals surface area contributed by atoms with Gasteiger partial charge in [0.25, 0.3) is 5.91 Å². The molecule has 0 bridgehead atoms. The van der Waals surface area contributed by atoms with E-state index in [1.807, 2.05) is 4.90 Å². The molecular weight excluding hydrogens is 397 g/mol. The maximum atomic E-state index is 13.2. The number of alkyl halides is 3. The molecule has 0 spiro atoms. The Morgan fingerprint density at radius 1 is 1.17 bits per heavy atom. The monoisotopic (exact) mass is 422 g/mol. The first-order chi connectivity index (χ1) is 14.2. The average Bonchev–Trinajstić information content (AvgIpc) is 3.40. The van der Waals surface area contributed by atoms with Crippen molar-refractivity contribution in [3.8, 4) is 11.4 Å². The number of ether oxygens (including phenoxy) is 1. The Balaban J connectivity index is 1.55. The van der Waals surface area contributed by atoms with Crippen LogP contribution >= 0.6 is 0 Å². The lowest BCUT2D eigenvalue weighted by Gasteiger charge is -2.23. The molecule has 3 heterocycles. The summed E-state index contributed by atoms with van der Waals surface area (Å²) in [4.78, 5) is 17.6. The Morgan fingerprint density at radius 2 is 1.90 bits per heavy atom. The molecule has 0 N–H and O–H groups in total. The summed E-state index contributed by atoms with van der Waals surface area (Å²) in [6.45, 7) is 7.12. The van der Waals surface area contributed by atoms with Crippen LogP contribution in [0.1, 0.15) is 41.0 Å². The maximum absolute atomic E-state index is 13.2. The van der Waals surface area contributed by atoms with Gasteiger partial charge in [0.1, 0.15) is 5.75 Å². The first-order valence-corrected chi connectivity index (χ1v) is 10.2. The molecule has 1 atom stereocenters. The van der Waals surface area contributed by atoms with Gasteiger partial charge in [-0.3, -0.25) is 9.69 Å². The van der Waals surface area contributed by atoms with Crippen LogP contribution in [-0.2, 0) is 0 Å². The van der Waals surface area contributed by atoms with Crippen molar-refractivity contribution < 1.29 is 22.7 Å². The number of amides is 1. The summed E-state index contributed by atoms with van der Waals surface area (Å²) < 4.78 is 43.1. The lowest BCUT2D eigenvalue weighted by atomic mass is 10.1. The summed E-state index contributed by atoms with van der Waals surface area (Å²) in [7, 11) is 0. The Kier molecular flexibility index (Phi) is 5.48. The standard InChI is InChI=1S/C21H25F3N4O2/c1-14-19(20(29)27-11-8-17(13-27)26-9-3-4-10-26)15(2)28(25-14)16-6-5-7-18(12-16)30-21(22,23)24/h5-7,12,17H,3-4,8-11,13H2,1-2H3. The van der Waals surface area contributed by atoms with Crippen LogP contribution in [0.25, 0.3) is 5.69 Å². The predicted molar refractivity (Wildman–Crippen MR) is 105 cm³/mol. The smallest absolute Gasteiger partial charge is 0.406 e. The van der Waals surface area contributed by atoms with Crippen molar-refractivity contribution in [3.05, 3.63) is 41.2 Å². The van der Waals surface area contributed by atoms with Gasteiger partial charge in [-0.25, -0.2) is 4.68 Å². The van der Waals surface area contributed by atoms with Gasteiger partial charge in [-0.2, -0.15) is 5.10 Å². The Morgan fingerprint density at radius 3 is 2.60 bits per heavy atom. The minimum absolute atomic E-state index is 0.0688. The van der Waals surface area contributed by atoms with Crippen LogP contribution in [0.2, 0.25) is 0 Å². The van der Waals surface area contributed by atoms with Crippen LogP contribution in [0.5, 0.6) is 5.75 Å². The van der Waals surface area contributed by atoms with E-state index in [9.17, 15) is 18.0 Å². The van der Waals surface area contributed by atoms with Gasteiger partial charge in [0.15, 0.2) is 0 Å². The fraction of sp³-hybridized carbons (Fsp3) is 0.524. The number of aryl methyl sites for hydroxylation is 1. The molecule has 4 rings (SSSR count). The molecular formula is C21H25F3N4O2. The Labute approximate surface area is 173 Å². The highest BCUT2D eigenvalue weighted by Gasteiger charge is 2.34. The minimum atomic E-state index is -4.77. The van der Waals surface area contributed by atoms with Crippen molar-refractivity contribution in [3.63, 3.8) is 0 Å². The molecule has 0 saturated carbocycles. The third-order valence-electron chi connectivity index (χ3n) is 5.91. The largest absolute Gasteiger partial charge is 0.573 e. The number of benzene rings is 1. The van der Waals surface area contributed by atoms with Crippen LogP contribution < -0.4 is 4.74 Å². The third-order valence-corrected chi connectivity index (χ3v) is 5.91. The van der Waals surface area contributed by atoms with E-state index in [-0.39, 0.29) is 11.7 Å². The van der Waals surface area contributed by atoms with Crippen molar-refractivity contribution >= 4 is 5.91 Å². The van der Waals surface area contributed by atoms with E-state index in [1.165, 1.54) is 35.7 Å². The molecule has 2 aromatic rings. The molecule has 6 nitrogen and oxygen atoms in total. The van der Waals surface area contributed by atoms with Crippen molar-refractivity contribution in [2.75, 3.05) is 26.2 Å². The number of rotatable bonds is 4. The molecule has 9 heteroatoms. The Hall–Kier alpha value is -2.55. The molecule has 2 aliphatic rings. The highest BCUT2D eigenvalue weighted by molar-refractivity contribution is 5.96. The quantitative estimate of drug-likeness (QED) is 0.754. The average molecular weight is 422 g/mol. The first-order valence-electron chi connectivity index (χ1n) is 10.2. The van der Waals surface area contributed by atoms with Gasteiger partial charge in [-0.1, -0.05) is 6.07 Å². The molecule has 2 saturated heterocycles. The minimum Gasteiger partial charge on any atom is -0.406 e. The fourth-order valence-electron chi connectivity index (χ4n) is 4.51. The van der Waals surface area contributed by atoms with Crippen LogP contribution in [0.4, 0.5) is 13.2 Å². The van der Waals surface area contributed by atoms with E-state index >= 15 is 0 Å². The summed E-state index contributed by atoms with van der Waals surface area (Å²) in [6.07, 6.45) is -1.37. The molecule has 1 aromatic heterocycles. The highest BCUT2D eigenvalue weighted by Crippen LogP contribution is 2.28. The maximum Gasteiger partial charge on any atom is 0.573 e. The lowest BCUT2D eigenvalue weighted by molar-refractivity contribution is -0.274. The topological polar surface area (TPSA) is 50.6 Å². The number of hydrogen-bond donors (Lipinski definition) is 0. The van der Waals surface area contributed by atoms with E-state index in [0.717, 1.165) is 19.5 Å². The van der Waals surface area contributed by atoms with Gasteiger partial charge in [-0.15, -0.1) is 13.2 Å². The van der Waals surface area contributed by atoms with Crippen molar-refractivity contribution in [2.45, 2.75) is 45.5 Å². The van der Waals surface area contributed by atoms with Crippen LogP contribution in [0, 0.1) is 13.8 Å². The second-order valence-electron chi connectivity index (χ2n) is 7.94. The first kappa shape index (κ1) is 20.7. The van der Waals surface area contributed by atoms with Crippen LogP contribution in [-0.4, -0.2) is 64.1 Å². The molecule has 30 heavy (non-hydrogen) atoms. The summed E-state index contributed by atoms with van der Waals surface area (Å²) in [5.74, 6) is -0.394. The summed E-state index contributed by atoms with van der Waals surface area (Å²) in [5, 5.41) is 4.43. The zero-order valence-electron chi connectivity index (χ0n) is 17.1. The number of carbonyl (C=O) groups is 1. The van der Waals surface area contributed by atoms with E-state index in [4.69, 9.17) is 0 Å². The number of aromatic nitrogens is 2. The van der Waals surface area contributed by atoms with Crippen molar-refractivity contribution in [1.82, 2.24) is 19.6 Å². The second kappa shape index (κ2) is 7.94. The number of halogens is 3. The Bertz CT molecular complexity index is 935. The predicted octanol–water partition coefficient (Wildman–Crippen LogP) is 3.70. The van der Waals surface area contributed by atoms with Gasteiger partial charge in [-0.05, 0) is 58.3 Å². The van der Waals surface area contributed by atoms with E-state index < -0.39 is 6.36 Å². The molecule has 162 valence electrons. The van der Waals surface area contributed by atoms with Gasteiger partial charge in [0.2, 0.25) is 0 Å². The highest BCUT2D eigenvalue weighted by atomic mass is 19.4. The van der Waals surface area contributed by atoms with Gasteiger partial charge in [0, 0.05) is 25.2 Å². The fourth-order valence-corrected chi connectivity index (χ4v) is 4.51. The zero-order valence-corrected chi connectivity index (χ0v) is 17.1. The summed E-state index contributed by atoms with van der Waals surface area (Å²) in [6, 6.07) is 6.01. The molecule has 0 radical (unpaired) electrons. The van der Waals surface area contributed by atoms with E-state index in [0.29, 0.717) is 41.8 Å². The van der Waals surface area contributed by atoms with Gasteiger partial charge >= 0.3 is 6.36 Å². The van der Waals surface area contributed by atoms with Gasteiger partial charge < -0.3 is 9.64 Å². The number of nitrogens with zero attached hydrogens (tertiary/aromatic N) is 4. The molecule has 2 fully saturated rings. The van der Waals surface area contributed by atoms with Crippen molar-refractivity contribution in [2.24, 2.45) is 0 Å². The molecule has 0 aliphatic carbocycles. The SMILES string of the molecule is Cc1nn(-c2cccc(OC(F)(F)F)c2)c(C)c1C(=O)N1CCC(N2CCCC2)C1. The lowest BCUT2D eigenvalue weighted by Crippen LogP contribution is -2.37. The molecule has 1 unspecified atom stereocenters. The summed E-state index contributed by atoms with van der Waals surface area (Å²) in [5.41, 5.74) is 2.09. The van der Waals surface area contributed by atoms with E-state index in [2.05, 4.69) is 14.7 Å². The number of carbonyl (C=O) groups excluding carboxylic acids is 1. The molecule has 1 amide bonds. The van der Waals surface area contributed by atoms with Gasteiger partial charge in [0.05, 0.1) is 22.6 Å². The van der Waals surface area contributed by atoms with Crippen LogP contribution in [0.15, 0.2) is 24.3 Å². The molecule has 1 aromatic carbocycles. The van der Waals surface area contributed by atoms with Crippen LogP contribution in [0.3, 0.4) is 0 Å². The normalized spacial score (nSPS) is 20.2.